The SMILES string of the molecule is Clc1ccc(Oc2cccs2)cc1. The molecule has 3 heteroatoms. The minimum Gasteiger partial charge on any atom is -0.447 e. The molecule has 0 bridgehead atoms. The Hall–Kier alpha value is -0.990. The fraction of sp³-hybridized carbons (Fsp3) is 0. The first-order valence-corrected chi connectivity index (χ1v) is 5.07. The van der Waals surface area contributed by atoms with Crippen LogP contribution in [0.15, 0.2) is 41.8 Å². The molecule has 0 unspecified atom stereocenters. The Kier molecular flexibility index (Phi) is 2.52. The van der Waals surface area contributed by atoms with Crippen molar-refractivity contribution in [1.82, 2.24) is 0 Å². The number of benzene rings is 1. The summed E-state index contributed by atoms with van der Waals surface area (Å²) in [5.41, 5.74) is 0. The molecule has 0 N–H and O–H groups in total. The highest BCUT2D eigenvalue weighted by Crippen LogP contribution is 2.26. The lowest BCUT2D eigenvalue weighted by Crippen LogP contribution is -1.78. The van der Waals surface area contributed by atoms with Gasteiger partial charge in [0.05, 0.1) is 0 Å². The summed E-state index contributed by atoms with van der Waals surface area (Å²) in [6.45, 7) is 0. The average molecular weight is 211 g/mol. The molecule has 1 aromatic carbocycles. The normalized spacial score (nSPS) is 9.92. The third kappa shape index (κ3) is 2.23. The zero-order valence-corrected chi connectivity index (χ0v) is 8.31. The Labute approximate surface area is 85.5 Å². The lowest BCUT2D eigenvalue weighted by atomic mass is 10.3. The second-order valence-electron chi connectivity index (χ2n) is 2.49. The molecule has 0 radical (unpaired) electrons. The van der Waals surface area contributed by atoms with Crippen LogP contribution in [0.25, 0.3) is 0 Å². The van der Waals surface area contributed by atoms with Crippen molar-refractivity contribution < 1.29 is 4.74 Å². The number of halogens is 1. The van der Waals surface area contributed by atoms with E-state index in [-0.39, 0.29) is 0 Å². The van der Waals surface area contributed by atoms with Crippen LogP contribution in [-0.2, 0) is 0 Å². The van der Waals surface area contributed by atoms with Gasteiger partial charge in [-0.2, -0.15) is 0 Å². The van der Waals surface area contributed by atoms with Gasteiger partial charge in [0.25, 0.3) is 0 Å². The summed E-state index contributed by atoms with van der Waals surface area (Å²) < 4.78 is 5.53. The Bertz CT molecular complexity index is 366. The van der Waals surface area contributed by atoms with Gasteiger partial charge in [0, 0.05) is 5.02 Å². The van der Waals surface area contributed by atoms with Gasteiger partial charge >= 0.3 is 0 Å². The van der Waals surface area contributed by atoms with E-state index in [9.17, 15) is 0 Å². The fourth-order valence-electron chi connectivity index (χ4n) is 0.940. The maximum Gasteiger partial charge on any atom is 0.180 e. The Balaban J connectivity index is 2.15. The second-order valence-corrected chi connectivity index (χ2v) is 3.83. The molecule has 0 aliphatic heterocycles. The Morgan fingerprint density at radius 3 is 2.46 bits per heavy atom. The van der Waals surface area contributed by atoms with Gasteiger partial charge in [-0.25, -0.2) is 0 Å². The largest absolute Gasteiger partial charge is 0.447 e. The molecule has 0 aliphatic carbocycles. The van der Waals surface area contributed by atoms with Crippen LogP contribution in [0.5, 0.6) is 10.8 Å². The van der Waals surface area contributed by atoms with Crippen molar-refractivity contribution in [2.24, 2.45) is 0 Å². The van der Waals surface area contributed by atoms with Gasteiger partial charge < -0.3 is 4.74 Å². The predicted molar refractivity (Wildman–Crippen MR) is 55.8 cm³/mol. The van der Waals surface area contributed by atoms with E-state index >= 15 is 0 Å². The van der Waals surface area contributed by atoms with E-state index in [2.05, 4.69) is 0 Å². The van der Waals surface area contributed by atoms with E-state index in [0.29, 0.717) is 0 Å². The molecular weight excluding hydrogens is 204 g/mol. The first kappa shape index (κ1) is 8.60. The van der Waals surface area contributed by atoms with Crippen LogP contribution in [0.3, 0.4) is 0 Å². The van der Waals surface area contributed by atoms with Crippen molar-refractivity contribution in [3.05, 3.63) is 46.8 Å². The fourth-order valence-corrected chi connectivity index (χ4v) is 1.66. The van der Waals surface area contributed by atoms with E-state index in [1.165, 1.54) is 0 Å². The standard InChI is InChI=1S/C10H7ClOS/c11-8-3-5-9(6-4-8)12-10-2-1-7-13-10/h1-7H. The molecule has 0 saturated carbocycles. The molecule has 2 aromatic rings. The number of rotatable bonds is 2. The Morgan fingerprint density at radius 2 is 1.85 bits per heavy atom. The minimum absolute atomic E-state index is 0.721. The predicted octanol–water partition coefficient (Wildman–Crippen LogP) is 4.19. The molecule has 13 heavy (non-hydrogen) atoms. The first-order valence-electron chi connectivity index (χ1n) is 3.81. The molecule has 1 heterocycles. The molecule has 2 rings (SSSR count). The number of hydrogen-bond acceptors (Lipinski definition) is 2. The molecule has 66 valence electrons. The highest BCUT2D eigenvalue weighted by molar-refractivity contribution is 7.11. The van der Waals surface area contributed by atoms with Crippen molar-refractivity contribution in [3.8, 4) is 10.8 Å². The minimum atomic E-state index is 0.721. The van der Waals surface area contributed by atoms with Gasteiger partial charge in [-0.1, -0.05) is 11.6 Å². The summed E-state index contributed by atoms with van der Waals surface area (Å²) in [7, 11) is 0. The molecule has 1 aromatic heterocycles. The zero-order chi connectivity index (χ0) is 9.10. The maximum atomic E-state index is 5.74. The number of thiophene rings is 1. The van der Waals surface area contributed by atoms with E-state index in [4.69, 9.17) is 16.3 Å². The van der Waals surface area contributed by atoms with Crippen molar-refractivity contribution in [1.29, 1.82) is 0 Å². The highest BCUT2D eigenvalue weighted by atomic mass is 35.5. The lowest BCUT2D eigenvalue weighted by molar-refractivity contribution is 0.496. The van der Waals surface area contributed by atoms with Gasteiger partial charge in [0.1, 0.15) is 5.75 Å². The van der Waals surface area contributed by atoms with E-state index < -0.39 is 0 Å². The first-order chi connectivity index (χ1) is 6.34. The van der Waals surface area contributed by atoms with E-state index in [1.54, 1.807) is 11.3 Å². The van der Waals surface area contributed by atoms with Crippen LogP contribution >= 0.6 is 22.9 Å². The van der Waals surface area contributed by atoms with Crippen LogP contribution in [-0.4, -0.2) is 0 Å². The van der Waals surface area contributed by atoms with Crippen molar-refractivity contribution in [3.63, 3.8) is 0 Å². The molecular formula is C10H7ClOS. The maximum absolute atomic E-state index is 5.74. The topological polar surface area (TPSA) is 9.23 Å². The molecule has 0 fully saturated rings. The van der Waals surface area contributed by atoms with Gasteiger partial charge in [0.2, 0.25) is 0 Å². The van der Waals surface area contributed by atoms with Crippen LogP contribution in [0, 0.1) is 0 Å². The monoisotopic (exact) mass is 210 g/mol. The summed E-state index contributed by atoms with van der Waals surface area (Å²) in [5, 5.41) is 3.59. The molecule has 0 aliphatic rings. The smallest absolute Gasteiger partial charge is 0.180 e. The van der Waals surface area contributed by atoms with Crippen molar-refractivity contribution >= 4 is 22.9 Å². The second kappa shape index (κ2) is 3.81. The molecule has 0 atom stereocenters. The number of hydrogen-bond donors (Lipinski definition) is 0. The average Bonchev–Trinajstić information content (AvgIpc) is 2.62. The van der Waals surface area contributed by atoms with Crippen LogP contribution in [0.1, 0.15) is 0 Å². The van der Waals surface area contributed by atoms with E-state index in [1.807, 2.05) is 41.8 Å². The van der Waals surface area contributed by atoms with Gasteiger partial charge in [-0.15, -0.1) is 11.3 Å². The molecule has 0 spiro atoms. The summed E-state index contributed by atoms with van der Waals surface area (Å²) in [6.07, 6.45) is 0. The van der Waals surface area contributed by atoms with Crippen molar-refractivity contribution in [2.75, 3.05) is 0 Å². The van der Waals surface area contributed by atoms with Gasteiger partial charge in [-0.3, -0.25) is 0 Å². The lowest BCUT2D eigenvalue weighted by Gasteiger charge is -2.01. The van der Waals surface area contributed by atoms with Crippen LogP contribution < -0.4 is 4.74 Å². The summed E-state index contributed by atoms with van der Waals surface area (Å²) >= 11 is 7.31. The summed E-state index contributed by atoms with van der Waals surface area (Å²) in [5.74, 6) is 0.812. The van der Waals surface area contributed by atoms with Crippen molar-refractivity contribution in [2.45, 2.75) is 0 Å². The van der Waals surface area contributed by atoms with E-state index in [0.717, 1.165) is 15.8 Å². The third-order valence-electron chi connectivity index (χ3n) is 1.53. The molecule has 0 saturated heterocycles. The summed E-state index contributed by atoms with van der Waals surface area (Å²) in [6, 6.07) is 11.2. The third-order valence-corrected chi connectivity index (χ3v) is 2.52. The zero-order valence-electron chi connectivity index (χ0n) is 6.74. The number of ether oxygens (including phenoxy) is 1. The van der Waals surface area contributed by atoms with Gasteiger partial charge in [-0.05, 0) is 41.8 Å². The Morgan fingerprint density at radius 1 is 1.08 bits per heavy atom. The van der Waals surface area contributed by atoms with Gasteiger partial charge in [0.15, 0.2) is 5.06 Å². The summed E-state index contributed by atoms with van der Waals surface area (Å²) in [4.78, 5) is 0. The highest BCUT2D eigenvalue weighted by Gasteiger charge is 1.96. The quantitative estimate of drug-likeness (QED) is 0.722. The molecule has 0 amide bonds. The van der Waals surface area contributed by atoms with Crippen LogP contribution in [0.2, 0.25) is 5.02 Å². The molecule has 1 nitrogen and oxygen atoms in total. The van der Waals surface area contributed by atoms with Crippen LogP contribution in [0.4, 0.5) is 0 Å².